The van der Waals surface area contributed by atoms with Crippen molar-refractivity contribution >= 4 is 11.6 Å². The summed E-state index contributed by atoms with van der Waals surface area (Å²) >= 11 is 0. The molecule has 0 heterocycles. The van der Waals surface area contributed by atoms with E-state index in [1.807, 2.05) is 34.6 Å². The Hall–Kier alpha value is -1.65. The van der Waals surface area contributed by atoms with Crippen molar-refractivity contribution in [3.05, 3.63) is 29.8 Å². The summed E-state index contributed by atoms with van der Waals surface area (Å²) in [6.45, 7) is 10.4. The minimum absolute atomic E-state index is 0.0217. The van der Waals surface area contributed by atoms with E-state index in [0.717, 1.165) is 12.1 Å². The highest BCUT2D eigenvalue weighted by atomic mass is 19.2. The summed E-state index contributed by atoms with van der Waals surface area (Å²) in [5, 5.41) is 0. The third-order valence-corrected chi connectivity index (χ3v) is 3.38. The molecule has 0 aliphatic carbocycles. The maximum Gasteiger partial charge on any atom is 0.242 e. The molecule has 118 valence electrons. The molecule has 1 aromatic carbocycles. The molecule has 5 heteroatoms. The van der Waals surface area contributed by atoms with Crippen molar-refractivity contribution in [1.82, 2.24) is 4.90 Å². The lowest BCUT2D eigenvalue weighted by Gasteiger charge is -2.33. The second-order valence-corrected chi connectivity index (χ2v) is 5.60. The topological polar surface area (TPSA) is 23.6 Å². The Morgan fingerprint density at radius 1 is 1.10 bits per heavy atom. The van der Waals surface area contributed by atoms with Gasteiger partial charge in [-0.2, -0.15) is 0 Å². The van der Waals surface area contributed by atoms with Crippen LogP contribution in [0.3, 0.4) is 0 Å². The van der Waals surface area contributed by atoms with Crippen LogP contribution in [0, 0.1) is 11.6 Å². The molecule has 0 bridgehead atoms. The van der Waals surface area contributed by atoms with E-state index in [-0.39, 0.29) is 24.5 Å². The van der Waals surface area contributed by atoms with Crippen molar-refractivity contribution in [2.24, 2.45) is 0 Å². The average Bonchev–Trinajstić information content (AvgIpc) is 2.38. The summed E-state index contributed by atoms with van der Waals surface area (Å²) in [6, 6.07) is 3.90. The zero-order valence-corrected chi connectivity index (χ0v) is 13.4. The van der Waals surface area contributed by atoms with Gasteiger partial charge in [0.2, 0.25) is 5.91 Å². The van der Waals surface area contributed by atoms with Crippen molar-refractivity contribution in [2.45, 2.75) is 46.7 Å². The van der Waals surface area contributed by atoms with Gasteiger partial charge in [0.15, 0.2) is 11.6 Å². The molecule has 0 saturated carbocycles. The largest absolute Gasteiger partial charge is 0.362 e. The Kier molecular flexibility index (Phi) is 6.12. The fourth-order valence-corrected chi connectivity index (χ4v) is 2.48. The van der Waals surface area contributed by atoms with Gasteiger partial charge < -0.3 is 9.80 Å². The highest BCUT2D eigenvalue weighted by Crippen LogP contribution is 2.18. The summed E-state index contributed by atoms with van der Waals surface area (Å²) in [5.41, 5.74) is 0.511. The summed E-state index contributed by atoms with van der Waals surface area (Å²) in [5.74, 6) is -1.80. The van der Waals surface area contributed by atoms with Gasteiger partial charge in [0.25, 0.3) is 0 Å². The number of halogens is 2. The molecule has 0 atom stereocenters. The molecule has 0 aliphatic rings. The van der Waals surface area contributed by atoms with Crippen molar-refractivity contribution < 1.29 is 13.6 Å². The van der Waals surface area contributed by atoms with Gasteiger partial charge in [-0.1, -0.05) is 0 Å². The minimum Gasteiger partial charge on any atom is -0.362 e. The number of carbonyl (C=O) groups excluding carboxylic acids is 1. The van der Waals surface area contributed by atoms with Crippen molar-refractivity contribution in [3.63, 3.8) is 0 Å². The Labute approximate surface area is 125 Å². The Morgan fingerprint density at radius 3 is 2.10 bits per heavy atom. The number of benzene rings is 1. The molecule has 3 nitrogen and oxygen atoms in total. The first-order valence-electron chi connectivity index (χ1n) is 7.29. The Bertz CT molecular complexity index is 481. The normalized spacial score (nSPS) is 11.1. The standard InChI is InChI=1S/C16H24F2N2O/c1-6-19(13-7-8-14(17)15(18)9-13)10-16(21)20(11(2)3)12(4)5/h7-9,11-12H,6,10H2,1-5H3. The number of carbonyl (C=O) groups is 1. The molecule has 1 rings (SSSR count). The van der Waals surface area contributed by atoms with E-state index < -0.39 is 11.6 Å². The van der Waals surface area contributed by atoms with Crippen molar-refractivity contribution in [1.29, 1.82) is 0 Å². The van der Waals surface area contributed by atoms with Crippen LogP contribution in [0.25, 0.3) is 0 Å². The first-order valence-corrected chi connectivity index (χ1v) is 7.29. The number of amides is 1. The fraction of sp³-hybridized carbons (Fsp3) is 0.562. The number of hydrogen-bond acceptors (Lipinski definition) is 2. The van der Waals surface area contributed by atoms with Crippen LogP contribution in [-0.4, -0.2) is 36.0 Å². The molecule has 0 saturated heterocycles. The number of anilines is 1. The predicted octanol–water partition coefficient (Wildman–Crippen LogP) is 3.44. The van der Waals surface area contributed by atoms with E-state index in [2.05, 4.69) is 0 Å². The molecule has 0 spiro atoms. The van der Waals surface area contributed by atoms with Crippen LogP contribution in [-0.2, 0) is 4.79 Å². The van der Waals surface area contributed by atoms with Gasteiger partial charge in [-0.05, 0) is 46.8 Å². The van der Waals surface area contributed by atoms with Gasteiger partial charge in [0.1, 0.15) is 0 Å². The third-order valence-electron chi connectivity index (χ3n) is 3.38. The van der Waals surface area contributed by atoms with E-state index in [0.29, 0.717) is 12.2 Å². The number of likely N-dealkylation sites (N-methyl/N-ethyl adjacent to an activating group) is 1. The highest BCUT2D eigenvalue weighted by molar-refractivity contribution is 5.82. The Balaban J connectivity index is 2.91. The van der Waals surface area contributed by atoms with E-state index in [4.69, 9.17) is 0 Å². The van der Waals surface area contributed by atoms with Gasteiger partial charge >= 0.3 is 0 Å². The van der Waals surface area contributed by atoms with Crippen LogP contribution in [0.5, 0.6) is 0 Å². The minimum atomic E-state index is -0.900. The number of rotatable bonds is 6. The molecule has 0 aliphatic heterocycles. The summed E-state index contributed by atoms with van der Waals surface area (Å²) in [6.07, 6.45) is 0. The van der Waals surface area contributed by atoms with E-state index >= 15 is 0 Å². The fourth-order valence-electron chi connectivity index (χ4n) is 2.48. The van der Waals surface area contributed by atoms with Gasteiger partial charge in [-0.25, -0.2) is 8.78 Å². The zero-order chi connectivity index (χ0) is 16.2. The first kappa shape index (κ1) is 17.4. The summed E-state index contributed by atoms with van der Waals surface area (Å²) < 4.78 is 26.3. The molecule has 1 aromatic rings. The van der Waals surface area contributed by atoms with Crippen LogP contribution in [0.2, 0.25) is 0 Å². The van der Waals surface area contributed by atoms with Crippen molar-refractivity contribution in [2.75, 3.05) is 18.0 Å². The molecule has 0 fully saturated rings. The second-order valence-electron chi connectivity index (χ2n) is 5.60. The van der Waals surface area contributed by atoms with Gasteiger partial charge in [0.05, 0.1) is 6.54 Å². The average molecular weight is 298 g/mol. The van der Waals surface area contributed by atoms with Crippen LogP contribution in [0.15, 0.2) is 18.2 Å². The molecule has 0 aromatic heterocycles. The number of hydrogen-bond donors (Lipinski definition) is 0. The van der Waals surface area contributed by atoms with E-state index in [1.54, 1.807) is 9.80 Å². The maximum atomic E-state index is 13.3. The maximum absolute atomic E-state index is 13.3. The van der Waals surface area contributed by atoms with Gasteiger partial charge in [-0.15, -0.1) is 0 Å². The summed E-state index contributed by atoms with van der Waals surface area (Å²) in [4.78, 5) is 16.0. The van der Waals surface area contributed by atoms with E-state index in [9.17, 15) is 13.6 Å². The monoisotopic (exact) mass is 298 g/mol. The van der Waals surface area contributed by atoms with Crippen LogP contribution in [0.4, 0.5) is 14.5 Å². The molecule has 0 N–H and O–H groups in total. The lowest BCUT2D eigenvalue weighted by molar-refractivity contribution is -0.133. The van der Waals surface area contributed by atoms with Crippen LogP contribution >= 0.6 is 0 Å². The highest BCUT2D eigenvalue weighted by Gasteiger charge is 2.22. The third kappa shape index (κ3) is 4.41. The molecular formula is C16H24F2N2O. The molecular weight excluding hydrogens is 274 g/mol. The Morgan fingerprint density at radius 2 is 1.67 bits per heavy atom. The van der Waals surface area contributed by atoms with Crippen LogP contribution < -0.4 is 4.90 Å². The van der Waals surface area contributed by atoms with Crippen LogP contribution in [0.1, 0.15) is 34.6 Å². The molecule has 0 unspecified atom stereocenters. The smallest absolute Gasteiger partial charge is 0.242 e. The van der Waals surface area contributed by atoms with E-state index in [1.165, 1.54) is 6.07 Å². The summed E-state index contributed by atoms with van der Waals surface area (Å²) in [7, 11) is 0. The quantitative estimate of drug-likeness (QED) is 0.803. The molecule has 0 radical (unpaired) electrons. The lowest BCUT2D eigenvalue weighted by atomic mass is 10.2. The molecule has 21 heavy (non-hydrogen) atoms. The number of nitrogens with zero attached hydrogens (tertiary/aromatic N) is 2. The lowest BCUT2D eigenvalue weighted by Crippen LogP contribution is -2.47. The van der Waals surface area contributed by atoms with Gasteiger partial charge in [0, 0.05) is 30.4 Å². The van der Waals surface area contributed by atoms with Crippen molar-refractivity contribution in [3.8, 4) is 0 Å². The predicted molar refractivity (Wildman–Crippen MR) is 81.4 cm³/mol. The SMILES string of the molecule is CCN(CC(=O)N(C(C)C)C(C)C)c1ccc(F)c(F)c1. The zero-order valence-electron chi connectivity index (χ0n) is 13.4. The second kappa shape index (κ2) is 7.38. The van der Waals surface area contributed by atoms with Gasteiger partial charge in [-0.3, -0.25) is 4.79 Å². The first-order chi connectivity index (χ1) is 9.77. The molecule has 1 amide bonds.